The minimum atomic E-state index is 0.725. The molecule has 0 aliphatic heterocycles. The van der Waals surface area contributed by atoms with Crippen molar-refractivity contribution in [2.45, 2.75) is 46.5 Å². The number of allylic oxidation sites excluding steroid dienone is 5. The van der Waals surface area contributed by atoms with Crippen LogP contribution in [0.1, 0.15) is 46.5 Å². The third-order valence-electron chi connectivity index (χ3n) is 3.34. The first-order chi connectivity index (χ1) is 7.13. The molecule has 1 rings (SSSR count). The molecule has 1 aliphatic rings. The fourth-order valence-electron chi connectivity index (χ4n) is 1.93. The molecule has 0 radical (unpaired) electrons. The molecule has 0 heterocycles. The lowest BCUT2D eigenvalue weighted by molar-refractivity contribution is 0.575. The van der Waals surface area contributed by atoms with E-state index in [1.165, 1.54) is 36.8 Å². The Kier molecular flexibility index (Phi) is 4.87. The molecular formula is C15H24. The van der Waals surface area contributed by atoms with Crippen LogP contribution in [0.25, 0.3) is 0 Å². The monoisotopic (exact) mass is 204 g/mol. The maximum Gasteiger partial charge on any atom is -0.0192 e. The zero-order chi connectivity index (χ0) is 11.3. The van der Waals surface area contributed by atoms with Gasteiger partial charge in [0.2, 0.25) is 0 Å². The number of hydrogen-bond donors (Lipinski definition) is 0. The van der Waals surface area contributed by atoms with Gasteiger partial charge in [-0.25, -0.2) is 0 Å². The third kappa shape index (κ3) is 4.07. The second kappa shape index (κ2) is 5.95. The summed E-state index contributed by atoms with van der Waals surface area (Å²) in [5.41, 5.74) is 2.84. The first-order valence-electron chi connectivity index (χ1n) is 6.16. The minimum absolute atomic E-state index is 0.725. The van der Waals surface area contributed by atoms with Crippen molar-refractivity contribution in [1.29, 1.82) is 0 Å². The van der Waals surface area contributed by atoms with Crippen molar-refractivity contribution in [2.24, 2.45) is 11.8 Å². The molecule has 0 aromatic rings. The molecule has 84 valence electrons. The largest absolute Gasteiger partial charge is 0.100 e. The summed E-state index contributed by atoms with van der Waals surface area (Å²) in [5.74, 6) is 1.47. The fraction of sp³-hybridized carbons (Fsp3) is 0.600. The molecular weight excluding hydrogens is 180 g/mol. The normalized spacial score (nSPS) is 22.3. The van der Waals surface area contributed by atoms with Gasteiger partial charge in [0.25, 0.3) is 0 Å². The van der Waals surface area contributed by atoms with Gasteiger partial charge in [-0.1, -0.05) is 37.6 Å². The summed E-state index contributed by atoms with van der Waals surface area (Å²) in [4.78, 5) is 0. The van der Waals surface area contributed by atoms with E-state index in [-0.39, 0.29) is 0 Å². The van der Waals surface area contributed by atoms with Crippen molar-refractivity contribution in [3.63, 3.8) is 0 Å². The molecule has 0 aromatic carbocycles. The van der Waals surface area contributed by atoms with Crippen LogP contribution in [-0.2, 0) is 0 Å². The summed E-state index contributed by atoms with van der Waals surface area (Å²) in [6, 6.07) is 0. The molecule has 2 unspecified atom stereocenters. The maximum atomic E-state index is 3.96. The van der Waals surface area contributed by atoms with Crippen LogP contribution in [0, 0.1) is 11.8 Å². The average molecular weight is 204 g/mol. The quantitative estimate of drug-likeness (QED) is 0.559. The van der Waals surface area contributed by atoms with Crippen LogP contribution in [-0.4, -0.2) is 0 Å². The summed E-state index contributed by atoms with van der Waals surface area (Å²) in [5, 5.41) is 0. The van der Waals surface area contributed by atoms with Crippen molar-refractivity contribution < 1.29 is 0 Å². The summed E-state index contributed by atoms with van der Waals surface area (Å²) < 4.78 is 0. The van der Waals surface area contributed by atoms with Crippen LogP contribution in [0.3, 0.4) is 0 Å². The fourth-order valence-corrected chi connectivity index (χ4v) is 1.93. The molecule has 1 aliphatic carbocycles. The van der Waals surface area contributed by atoms with Gasteiger partial charge in [-0.3, -0.25) is 0 Å². The third-order valence-corrected chi connectivity index (χ3v) is 3.34. The van der Waals surface area contributed by atoms with Gasteiger partial charge >= 0.3 is 0 Å². The lowest BCUT2D eigenvalue weighted by Gasteiger charge is -2.19. The zero-order valence-electron chi connectivity index (χ0n) is 10.4. The highest BCUT2D eigenvalue weighted by molar-refractivity contribution is 5.25. The lowest BCUT2D eigenvalue weighted by Crippen LogP contribution is -2.04. The van der Waals surface area contributed by atoms with Crippen molar-refractivity contribution in [1.82, 2.24) is 0 Å². The summed E-state index contributed by atoms with van der Waals surface area (Å²) >= 11 is 0. The Morgan fingerprint density at radius 3 is 2.80 bits per heavy atom. The number of hydrogen-bond acceptors (Lipinski definition) is 0. The van der Waals surface area contributed by atoms with E-state index >= 15 is 0 Å². The van der Waals surface area contributed by atoms with Gasteiger partial charge < -0.3 is 0 Å². The Bertz CT molecular complexity index is 268. The van der Waals surface area contributed by atoms with Crippen molar-refractivity contribution in [3.8, 4) is 0 Å². The second-order valence-corrected chi connectivity index (χ2v) is 4.86. The van der Waals surface area contributed by atoms with Gasteiger partial charge in [0.15, 0.2) is 0 Å². The molecule has 15 heavy (non-hydrogen) atoms. The van der Waals surface area contributed by atoms with Crippen molar-refractivity contribution in [2.75, 3.05) is 0 Å². The van der Waals surface area contributed by atoms with Crippen LogP contribution in [0.5, 0.6) is 0 Å². The Morgan fingerprint density at radius 1 is 1.60 bits per heavy atom. The molecule has 0 spiro atoms. The SMILES string of the molecule is C=C(C)CCC1C=CC(C(C)CC)=CC1. The van der Waals surface area contributed by atoms with Crippen LogP contribution >= 0.6 is 0 Å². The van der Waals surface area contributed by atoms with Gasteiger partial charge in [0.1, 0.15) is 0 Å². The molecule has 0 fully saturated rings. The summed E-state index contributed by atoms with van der Waals surface area (Å²) in [7, 11) is 0. The van der Waals surface area contributed by atoms with E-state index in [4.69, 9.17) is 0 Å². The highest BCUT2D eigenvalue weighted by atomic mass is 14.2. The Labute approximate surface area is 94.8 Å². The standard InChI is InChI=1S/C15H24/c1-5-13(4)15-10-8-14(9-11-15)7-6-12(2)3/h8,10-11,13-14H,2,5-7,9H2,1,3-4H3. The van der Waals surface area contributed by atoms with Crippen molar-refractivity contribution >= 4 is 0 Å². The van der Waals surface area contributed by atoms with Gasteiger partial charge in [-0.15, -0.1) is 6.58 Å². The van der Waals surface area contributed by atoms with Gasteiger partial charge in [-0.2, -0.15) is 0 Å². The van der Waals surface area contributed by atoms with Crippen LogP contribution in [0.15, 0.2) is 36.0 Å². The maximum absolute atomic E-state index is 3.96. The second-order valence-electron chi connectivity index (χ2n) is 4.86. The Balaban J connectivity index is 2.38. The number of rotatable bonds is 5. The molecule has 0 nitrogen and oxygen atoms in total. The van der Waals surface area contributed by atoms with E-state index in [2.05, 4.69) is 45.6 Å². The van der Waals surface area contributed by atoms with E-state index in [1.54, 1.807) is 0 Å². The predicted molar refractivity (Wildman–Crippen MR) is 68.8 cm³/mol. The smallest absolute Gasteiger partial charge is 0.0192 e. The topological polar surface area (TPSA) is 0 Å². The molecule has 2 atom stereocenters. The van der Waals surface area contributed by atoms with Crippen LogP contribution in [0.2, 0.25) is 0 Å². The van der Waals surface area contributed by atoms with E-state index < -0.39 is 0 Å². The summed E-state index contributed by atoms with van der Waals surface area (Å²) in [6.07, 6.45) is 12.1. The first-order valence-corrected chi connectivity index (χ1v) is 6.16. The zero-order valence-corrected chi connectivity index (χ0v) is 10.4. The predicted octanol–water partition coefficient (Wildman–Crippen LogP) is 4.89. The van der Waals surface area contributed by atoms with Gasteiger partial charge in [-0.05, 0) is 50.0 Å². The Hall–Kier alpha value is -0.780. The highest BCUT2D eigenvalue weighted by Gasteiger charge is 2.11. The van der Waals surface area contributed by atoms with Crippen LogP contribution in [0.4, 0.5) is 0 Å². The molecule has 0 amide bonds. The van der Waals surface area contributed by atoms with Crippen LogP contribution < -0.4 is 0 Å². The molecule has 0 N–H and O–H groups in total. The van der Waals surface area contributed by atoms with Gasteiger partial charge in [0, 0.05) is 0 Å². The van der Waals surface area contributed by atoms with Crippen molar-refractivity contribution in [3.05, 3.63) is 36.0 Å². The molecule has 0 aromatic heterocycles. The van der Waals surface area contributed by atoms with Gasteiger partial charge in [0.05, 0.1) is 0 Å². The van der Waals surface area contributed by atoms with E-state index in [0.29, 0.717) is 0 Å². The van der Waals surface area contributed by atoms with E-state index in [0.717, 1.165) is 11.8 Å². The first kappa shape index (κ1) is 12.3. The minimum Gasteiger partial charge on any atom is -0.100 e. The van der Waals surface area contributed by atoms with E-state index in [1.807, 2.05) is 0 Å². The Morgan fingerprint density at radius 2 is 2.33 bits per heavy atom. The lowest BCUT2D eigenvalue weighted by atomic mass is 9.87. The summed E-state index contributed by atoms with van der Waals surface area (Å²) in [6.45, 7) is 10.6. The average Bonchev–Trinajstić information content (AvgIpc) is 2.26. The molecule has 0 bridgehead atoms. The molecule has 0 heteroatoms. The molecule has 0 saturated carbocycles. The van der Waals surface area contributed by atoms with E-state index in [9.17, 15) is 0 Å². The molecule has 0 saturated heterocycles. The highest BCUT2D eigenvalue weighted by Crippen LogP contribution is 2.26.